The van der Waals surface area contributed by atoms with Crippen LogP contribution in [0.1, 0.15) is 16.7 Å². The fraction of sp³-hybridized carbons (Fsp3) is 0.212. The van der Waals surface area contributed by atoms with Crippen LogP contribution in [0.2, 0.25) is 10.0 Å². The lowest BCUT2D eigenvalue weighted by Gasteiger charge is -2.35. The highest BCUT2D eigenvalue weighted by Crippen LogP contribution is 2.34. The number of carbonyl (C=O) groups is 2. The van der Waals surface area contributed by atoms with Crippen LogP contribution >= 0.6 is 23.2 Å². The number of hydrogen-bond acceptors (Lipinski definition) is 5. The number of aryl methyl sites for hydroxylation is 1. The fourth-order valence-corrected chi connectivity index (χ4v) is 6.69. The molecule has 2 amide bonds. The first-order valence-electron chi connectivity index (χ1n) is 14.0. The number of nitrogens with zero attached hydrogens (tertiary/aromatic N) is 2. The minimum absolute atomic E-state index is 0.0408. The molecule has 0 fully saturated rings. The van der Waals surface area contributed by atoms with E-state index < -0.39 is 28.6 Å². The molecule has 8 nitrogen and oxygen atoms in total. The van der Waals surface area contributed by atoms with Crippen LogP contribution in [0, 0.1) is 6.92 Å². The molecule has 1 aliphatic heterocycles. The molecule has 0 bridgehead atoms. The summed E-state index contributed by atoms with van der Waals surface area (Å²) in [5.41, 5.74) is 2.90. The fourth-order valence-electron chi connectivity index (χ4n) is 4.86. The standard InChI is InChI=1S/C33H31Cl2N3O5S/c1-23-11-15-27(16-12-23)44(41,42)37(20-25-13-14-26(34)19-28(25)35)22-32(39)38-21-31(43-30-10-6-5-9-29(30)38)33(40)36-18-17-24-7-3-2-4-8-24/h2-16,19,31H,17-18,20-22H2,1H3,(H,36,40)/t31-/m1/s1. The number of sulfonamides is 1. The molecular formula is C33H31Cl2N3O5S. The summed E-state index contributed by atoms with van der Waals surface area (Å²) in [7, 11) is -4.14. The number of benzene rings is 4. The van der Waals surface area contributed by atoms with Crippen LogP contribution < -0.4 is 15.0 Å². The molecule has 1 aliphatic rings. The topological polar surface area (TPSA) is 96.0 Å². The highest BCUT2D eigenvalue weighted by molar-refractivity contribution is 7.89. The maximum absolute atomic E-state index is 14.0. The molecule has 0 radical (unpaired) electrons. The van der Waals surface area contributed by atoms with E-state index in [4.69, 9.17) is 27.9 Å². The molecule has 44 heavy (non-hydrogen) atoms. The van der Waals surface area contributed by atoms with Gasteiger partial charge >= 0.3 is 0 Å². The number of anilines is 1. The number of rotatable bonds is 10. The van der Waals surface area contributed by atoms with Gasteiger partial charge in [0.05, 0.1) is 23.7 Å². The largest absolute Gasteiger partial charge is 0.477 e. The molecule has 0 unspecified atom stereocenters. The first-order valence-corrected chi connectivity index (χ1v) is 16.2. The number of ether oxygens (including phenoxy) is 1. The van der Waals surface area contributed by atoms with Crippen LogP contribution in [0.25, 0.3) is 0 Å². The maximum Gasteiger partial charge on any atom is 0.262 e. The quantitative estimate of drug-likeness (QED) is 0.239. The van der Waals surface area contributed by atoms with Gasteiger partial charge in [0.1, 0.15) is 5.75 Å². The highest BCUT2D eigenvalue weighted by Gasteiger charge is 2.36. The molecule has 4 aromatic carbocycles. The lowest BCUT2D eigenvalue weighted by Crippen LogP contribution is -2.53. The van der Waals surface area contributed by atoms with E-state index in [1.165, 1.54) is 23.1 Å². The van der Waals surface area contributed by atoms with Crippen molar-refractivity contribution in [2.45, 2.75) is 30.9 Å². The Labute approximate surface area is 267 Å². The number of para-hydroxylation sites is 2. The van der Waals surface area contributed by atoms with Crippen molar-refractivity contribution in [3.8, 4) is 5.75 Å². The van der Waals surface area contributed by atoms with Crippen molar-refractivity contribution in [3.05, 3.63) is 124 Å². The molecule has 5 rings (SSSR count). The van der Waals surface area contributed by atoms with E-state index in [0.29, 0.717) is 35.0 Å². The first kappa shape index (κ1) is 31.5. The Morgan fingerprint density at radius 1 is 0.955 bits per heavy atom. The average Bonchev–Trinajstić information content (AvgIpc) is 3.02. The van der Waals surface area contributed by atoms with Gasteiger partial charge in [-0.3, -0.25) is 9.59 Å². The van der Waals surface area contributed by atoms with Gasteiger partial charge in [0.25, 0.3) is 5.91 Å². The minimum Gasteiger partial charge on any atom is -0.477 e. The van der Waals surface area contributed by atoms with E-state index in [1.807, 2.05) is 37.3 Å². The average molecular weight is 653 g/mol. The Morgan fingerprint density at radius 2 is 1.66 bits per heavy atom. The summed E-state index contributed by atoms with van der Waals surface area (Å²) < 4.78 is 34.9. The van der Waals surface area contributed by atoms with Crippen molar-refractivity contribution in [1.29, 1.82) is 0 Å². The van der Waals surface area contributed by atoms with Crippen molar-refractivity contribution >= 4 is 50.7 Å². The van der Waals surface area contributed by atoms with Crippen molar-refractivity contribution in [2.24, 2.45) is 0 Å². The summed E-state index contributed by atoms with van der Waals surface area (Å²) in [4.78, 5) is 28.6. The summed E-state index contributed by atoms with van der Waals surface area (Å²) in [6, 6.07) is 27.8. The van der Waals surface area contributed by atoms with Gasteiger partial charge in [0.15, 0.2) is 6.10 Å². The van der Waals surface area contributed by atoms with E-state index in [9.17, 15) is 18.0 Å². The van der Waals surface area contributed by atoms with Crippen LogP contribution in [0.4, 0.5) is 5.69 Å². The van der Waals surface area contributed by atoms with E-state index in [-0.39, 0.29) is 28.9 Å². The third-order valence-electron chi connectivity index (χ3n) is 7.26. The summed E-state index contributed by atoms with van der Waals surface area (Å²) in [5.74, 6) is -0.544. The zero-order valence-corrected chi connectivity index (χ0v) is 26.3. The molecule has 0 spiro atoms. The van der Waals surface area contributed by atoms with Crippen LogP contribution in [0.5, 0.6) is 5.75 Å². The molecule has 11 heteroatoms. The van der Waals surface area contributed by atoms with Crippen molar-refractivity contribution in [1.82, 2.24) is 9.62 Å². The third-order valence-corrected chi connectivity index (χ3v) is 9.65. The van der Waals surface area contributed by atoms with Gasteiger partial charge in [-0.1, -0.05) is 89.4 Å². The van der Waals surface area contributed by atoms with Crippen LogP contribution in [-0.2, 0) is 32.6 Å². The molecule has 0 aliphatic carbocycles. The number of halogens is 2. The van der Waals surface area contributed by atoms with Gasteiger partial charge in [0, 0.05) is 23.1 Å². The second-order valence-corrected chi connectivity index (χ2v) is 13.2. The molecule has 228 valence electrons. The van der Waals surface area contributed by atoms with E-state index in [0.717, 1.165) is 15.4 Å². The second kappa shape index (κ2) is 13.8. The number of hydrogen-bond donors (Lipinski definition) is 1. The normalized spacial score (nSPS) is 14.5. The summed E-state index contributed by atoms with van der Waals surface area (Å²) >= 11 is 12.5. The minimum atomic E-state index is -4.14. The van der Waals surface area contributed by atoms with E-state index in [1.54, 1.807) is 48.5 Å². The number of nitrogens with one attached hydrogen (secondary N) is 1. The molecule has 0 saturated carbocycles. The Hall–Kier alpha value is -3.89. The molecule has 0 saturated heterocycles. The van der Waals surface area contributed by atoms with E-state index >= 15 is 0 Å². The first-order chi connectivity index (χ1) is 21.1. The maximum atomic E-state index is 14.0. The summed E-state index contributed by atoms with van der Waals surface area (Å²) in [6.45, 7) is 1.48. The molecule has 0 aromatic heterocycles. The SMILES string of the molecule is Cc1ccc(S(=O)(=O)N(CC(=O)N2C[C@H](C(=O)NCCc3ccccc3)Oc3ccccc32)Cc2ccc(Cl)cc2Cl)cc1. The van der Waals surface area contributed by atoms with Gasteiger partial charge in [0.2, 0.25) is 15.9 Å². The van der Waals surface area contributed by atoms with Gasteiger partial charge in [-0.05, 0) is 60.9 Å². The van der Waals surface area contributed by atoms with Crippen LogP contribution in [0.3, 0.4) is 0 Å². The molecule has 1 heterocycles. The van der Waals surface area contributed by atoms with Crippen molar-refractivity contribution in [3.63, 3.8) is 0 Å². The third kappa shape index (κ3) is 7.42. The monoisotopic (exact) mass is 651 g/mol. The zero-order valence-electron chi connectivity index (χ0n) is 24.0. The molecular weight excluding hydrogens is 621 g/mol. The smallest absolute Gasteiger partial charge is 0.262 e. The Morgan fingerprint density at radius 3 is 2.39 bits per heavy atom. The highest BCUT2D eigenvalue weighted by atomic mass is 35.5. The number of amides is 2. The number of carbonyl (C=O) groups excluding carboxylic acids is 2. The Kier molecular flexibility index (Phi) is 9.90. The van der Waals surface area contributed by atoms with Crippen LogP contribution in [0.15, 0.2) is 102 Å². The lowest BCUT2D eigenvalue weighted by atomic mass is 10.1. The zero-order chi connectivity index (χ0) is 31.3. The summed E-state index contributed by atoms with van der Waals surface area (Å²) in [6.07, 6.45) is -0.352. The van der Waals surface area contributed by atoms with Gasteiger partial charge in [-0.2, -0.15) is 4.31 Å². The van der Waals surface area contributed by atoms with Gasteiger partial charge < -0.3 is 15.0 Å². The predicted molar refractivity (Wildman–Crippen MR) is 172 cm³/mol. The molecule has 1 atom stereocenters. The number of fused-ring (bicyclic) bond motifs is 1. The van der Waals surface area contributed by atoms with Gasteiger partial charge in [-0.25, -0.2) is 8.42 Å². The lowest BCUT2D eigenvalue weighted by molar-refractivity contribution is -0.128. The van der Waals surface area contributed by atoms with Crippen molar-refractivity contribution in [2.75, 3.05) is 24.5 Å². The Balaban J connectivity index is 1.39. The van der Waals surface area contributed by atoms with Crippen LogP contribution in [-0.4, -0.2) is 50.3 Å². The molecule has 1 N–H and O–H groups in total. The van der Waals surface area contributed by atoms with Crippen molar-refractivity contribution < 1.29 is 22.7 Å². The molecule has 4 aromatic rings. The summed E-state index contributed by atoms with van der Waals surface area (Å²) in [5, 5.41) is 3.57. The van der Waals surface area contributed by atoms with Gasteiger partial charge in [-0.15, -0.1) is 0 Å². The predicted octanol–water partition coefficient (Wildman–Crippen LogP) is 5.65. The second-order valence-electron chi connectivity index (χ2n) is 10.4. The Bertz CT molecular complexity index is 1750. The van der Waals surface area contributed by atoms with E-state index in [2.05, 4.69) is 5.32 Å².